The van der Waals surface area contributed by atoms with Crippen molar-refractivity contribution in [3.63, 3.8) is 0 Å². The SMILES string of the molecule is CCc1ccc(/C(O)=C2\C(=O)C(=O)N(c3ccc(C)cc3)C2c2ccc(OCC(C)C)cc2)cc1. The van der Waals surface area contributed by atoms with Crippen LogP contribution in [0.1, 0.15) is 49.1 Å². The molecule has 4 rings (SSSR count). The molecule has 0 spiro atoms. The fraction of sp³-hybridized carbons (Fsp3) is 0.267. The second-order valence-electron chi connectivity index (χ2n) is 9.33. The summed E-state index contributed by atoms with van der Waals surface area (Å²) in [6.07, 6.45) is 0.865. The Balaban J connectivity index is 1.83. The van der Waals surface area contributed by atoms with Gasteiger partial charge in [-0.25, -0.2) is 0 Å². The number of aliphatic hydroxyl groups excluding tert-OH is 1. The number of nitrogens with zero attached hydrogens (tertiary/aromatic N) is 1. The van der Waals surface area contributed by atoms with Crippen molar-refractivity contribution in [1.29, 1.82) is 0 Å². The molecular weight excluding hydrogens is 438 g/mol. The molecule has 1 heterocycles. The van der Waals surface area contributed by atoms with E-state index in [1.54, 1.807) is 12.1 Å². The summed E-state index contributed by atoms with van der Waals surface area (Å²) in [5.74, 6) is -0.434. The average molecular weight is 470 g/mol. The molecule has 35 heavy (non-hydrogen) atoms. The molecule has 0 aromatic heterocycles. The monoisotopic (exact) mass is 469 g/mol. The first-order valence-electron chi connectivity index (χ1n) is 12.0. The lowest BCUT2D eigenvalue weighted by atomic mass is 9.94. The maximum absolute atomic E-state index is 13.3. The predicted molar refractivity (Wildman–Crippen MR) is 139 cm³/mol. The maximum Gasteiger partial charge on any atom is 0.300 e. The minimum Gasteiger partial charge on any atom is -0.507 e. The summed E-state index contributed by atoms with van der Waals surface area (Å²) < 4.78 is 5.81. The molecule has 3 aromatic rings. The number of ketones is 1. The van der Waals surface area contributed by atoms with Crippen LogP contribution in [0, 0.1) is 12.8 Å². The number of carbonyl (C=O) groups is 2. The summed E-state index contributed by atoms with van der Waals surface area (Å²) in [6, 6.07) is 21.5. The molecule has 0 saturated carbocycles. The Kier molecular flexibility index (Phi) is 7.06. The molecule has 1 N–H and O–H groups in total. The fourth-order valence-electron chi connectivity index (χ4n) is 4.18. The molecule has 5 heteroatoms. The van der Waals surface area contributed by atoms with Crippen molar-refractivity contribution in [2.45, 2.75) is 40.2 Å². The van der Waals surface area contributed by atoms with Crippen LogP contribution in [0.4, 0.5) is 5.69 Å². The molecule has 1 aliphatic heterocycles. The van der Waals surface area contributed by atoms with Crippen LogP contribution in [0.3, 0.4) is 0 Å². The number of Topliss-reactive ketones (excluding diaryl/α,β-unsaturated/α-hetero) is 1. The first-order chi connectivity index (χ1) is 16.8. The number of carbonyl (C=O) groups excluding carboxylic acids is 2. The molecule has 1 saturated heterocycles. The van der Waals surface area contributed by atoms with E-state index in [1.807, 2.05) is 67.6 Å². The average Bonchev–Trinajstić information content (AvgIpc) is 3.13. The van der Waals surface area contributed by atoms with Gasteiger partial charge in [-0.15, -0.1) is 0 Å². The lowest BCUT2D eigenvalue weighted by Gasteiger charge is -2.25. The molecule has 1 aliphatic rings. The summed E-state index contributed by atoms with van der Waals surface area (Å²) >= 11 is 0. The highest BCUT2D eigenvalue weighted by molar-refractivity contribution is 6.51. The first kappa shape index (κ1) is 24.3. The Morgan fingerprint density at radius 2 is 1.57 bits per heavy atom. The van der Waals surface area contributed by atoms with E-state index >= 15 is 0 Å². The van der Waals surface area contributed by atoms with E-state index in [0.29, 0.717) is 35.1 Å². The standard InChI is InChI=1S/C30H31NO4/c1-5-21-8-10-23(11-9-21)28(32)26-27(22-12-16-25(17-13-22)35-18-19(2)3)31(30(34)29(26)33)24-14-6-20(4)7-15-24/h6-17,19,27,32H,5,18H2,1-4H3/b28-26+. The topological polar surface area (TPSA) is 66.8 Å². The molecule has 3 aromatic carbocycles. The smallest absolute Gasteiger partial charge is 0.300 e. The van der Waals surface area contributed by atoms with Crippen LogP contribution in [0.25, 0.3) is 5.76 Å². The lowest BCUT2D eigenvalue weighted by Crippen LogP contribution is -2.29. The minimum absolute atomic E-state index is 0.0793. The normalized spacial score (nSPS) is 17.3. The fourth-order valence-corrected chi connectivity index (χ4v) is 4.18. The molecule has 5 nitrogen and oxygen atoms in total. The van der Waals surface area contributed by atoms with Crippen LogP contribution in [0.5, 0.6) is 5.75 Å². The number of hydrogen-bond donors (Lipinski definition) is 1. The highest BCUT2D eigenvalue weighted by Crippen LogP contribution is 2.42. The van der Waals surface area contributed by atoms with Gasteiger partial charge in [-0.05, 0) is 54.7 Å². The number of amides is 1. The molecule has 1 fully saturated rings. The van der Waals surface area contributed by atoms with E-state index in [1.165, 1.54) is 4.90 Å². The highest BCUT2D eigenvalue weighted by atomic mass is 16.5. The van der Waals surface area contributed by atoms with Gasteiger partial charge in [0.2, 0.25) is 0 Å². The Labute approximate surface area is 206 Å². The van der Waals surface area contributed by atoms with Gasteiger partial charge in [-0.2, -0.15) is 0 Å². The molecular formula is C30H31NO4. The van der Waals surface area contributed by atoms with Crippen molar-refractivity contribution in [3.05, 3.63) is 101 Å². The highest BCUT2D eigenvalue weighted by Gasteiger charge is 2.46. The van der Waals surface area contributed by atoms with Gasteiger partial charge in [0.05, 0.1) is 18.2 Å². The van der Waals surface area contributed by atoms with Gasteiger partial charge in [0, 0.05) is 11.3 Å². The summed E-state index contributed by atoms with van der Waals surface area (Å²) in [4.78, 5) is 28.0. The van der Waals surface area contributed by atoms with Crippen molar-refractivity contribution >= 4 is 23.1 Å². The summed E-state index contributed by atoms with van der Waals surface area (Å²) in [7, 11) is 0. The van der Waals surface area contributed by atoms with Crippen molar-refractivity contribution in [2.24, 2.45) is 5.92 Å². The van der Waals surface area contributed by atoms with E-state index < -0.39 is 17.7 Å². The molecule has 1 unspecified atom stereocenters. The maximum atomic E-state index is 13.3. The molecule has 1 amide bonds. The molecule has 1 atom stereocenters. The Hall–Kier alpha value is -3.86. The Bertz CT molecular complexity index is 1240. The van der Waals surface area contributed by atoms with Crippen LogP contribution in [0.2, 0.25) is 0 Å². The first-order valence-corrected chi connectivity index (χ1v) is 12.0. The minimum atomic E-state index is -0.761. The van der Waals surface area contributed by atoms with Gasteiger partial charge < -0.3 is 9.84 Å². The van der Waals surface area contributed by atoms with E-state index in [0.717, 1.165) is 17.5 Å². The molecule has 180 valence electrons. The number of aliphatic hydroxyl groups is 1. The van der Waals surface area contributed by atoms with Crippen molar-refractivity contribution < 1.29 is 19.4 Å². The Morgan fingerprint density at radius 3 is 2.14 bits per heavy atom. The van der Waals surface area contributed by atoms with Crippen molar-refractivity contribution in [1.82, 2.24) is 0 Å². The van der Waals surface area contributed by atoms with Gasteiger partial charge in [-0.1, -0.05) is 74.9 Å². The van der Waals surface area contributed by atoms with Gasteiger partial charge in [-0.3, -0.25) is 14.5 Å². The predicted octanol–water partition coefficient (Wildman–Crippen LogP) is 6.22. The van der Waals surface area contributed by atoms with Crippen LogP contribution < -0.4 is 9.64 Å². The van der Waals surface area contributed by atoms with Crippen LogP contribution in [-0.2, 0) is 16.0 Å². The van der Waals surface area contributed by atoms with Gasteiger partial charge in [0.1, 0.15) is 11.5 Å². The lowest BCUT2D eigenvalue weighted by molar-refractivity contribution is -0.132. The van der Waals surface area contributed by atoms with E-state index in [-0.39, 0.29) is 11.3 Å². The summed E-state index contributed by atoms with van der Waals surface area (Å²) in [5, 5.41) is 11.3. The van der Waals surface area contributed by atoms with Crippen LogP contribution in [0.15, 0.2) is 78.4 Å². The van der Waals surface area contributed by atoms with Crippen molar-refractivity contribution in [2.75, 3.05) is 11.5 Å². The Morgan fingerprint density at radius 1 is 0.943 bits per heavy atom. The second kappa shape index (κ2) is 10.2. The van der Waals surface area contributed by atoms with E-state index in [4.69, 9.17) is 4.74 Å². The number of hydrogen-bond acceptors (Lipinski definition) is 4. The van der Waals surface area contributed by atoms with Gasteiger partial charge >= 0.3 is 0 Å². The van der Waals surface area contributed by atoms with E-state index in [9.17, 15) is 14.7 Å². The van der Waals surface area contributed by atoms with E-state index in [2.05, 4.69) is 20.8 Å². The zero-order valence-corrected chi connectivity index (χ0v) is 20.6. The third-order valence-corrected chi connectivity index (χ3v) is 6.17. The molecule has 0 radical (unpaired) electrons. The number of aryl methyl sites for hydroxylation is 2. The van der Waals surface area contributed by atoms with Gasteiger partial charge in [0.25, 0.3) is 11.7 Å². The zero-order valence-electron chi connectivity index (χ0n) is 20.6. The third-order valence-electron chi connectivity index (χ3n) is 6.17. The number of anilines is 1. The quantitative estimate of drug-likeness (QED) is 0.253. The van der Waals surface area contributed by atoms with Crippen LogP contribution >= 0.6 is 0 Å². The number of benzene rings is 3. The third kappa shape index (κ3) is 4.99. The molecule has 0 aliphatic carbocycles. The van der Waals surface area contributed by atoms with Crippen molar-refractivity contribution in [3.8, 4) is 5.75 Å². The number of ether oxygens (including phenoxy) is 1. The second-order valence-corrected chi connectivity index (χ2v) is 9.33. The summed E-state index contributed by atoms with van der Waals surface area (Å²) in [6.45, 7) is 8.77. The number of rotatable bonds is 7. The van der Waals surface area contributed by atoms with Gasteiger partial charge in [0.15, 0.2) is 0 Å². The molecule has 0 bridgehead atoms. The summed E-state index contributed by atoms with van der Waals surface area (Å²) in [5.41, 5.74) is 4.07. The largest absolute Gasteiger partial charge is 0.507 e. The van der Waals surface area contributed by atoms with Crippen LogP contribution in [-0.4, -0.2) is 23.4 Å². The zero-order chi connectivity index (χ0) is 25.1.